The predicted molar refractivity (Wildman–Crippen MR) is 92.0 cm³/mol. The number of hydrogen-bond donors (Lipinski definition) is 1. The van der Waals surface area contributed by atoms with Crippen LogP contribution in [-0.2, 0) is 0 Å². The predicted octanol–water partition coefficient (Wildman–Crippen LogP) is 4.67. The van der Waals surface area contributed by atoms with Gasteiger partial charge in [0, 0.05) is 18.0 Å². The summed E-state index contributed by atoms with van der Waals surface area (Å²) in [5.41, 5.74) is 3.48. The van der Waals surface area contributed by atoms with E-state index in [1.807, 2.05) is 24.5 Å². The molecule has 1 aliphatic rings. The summed E-state index contributed by atoms with van der Waals surface area (Å²) >= 11 is 0. The molecule has 0 radical (unpaired) electrons. The Hall–Kier alpha value is -2.16. The number of hydrogen-bond acceptors (Lipinski definition) is 3. The van der Waals surface area contributed by atoms with Crippen molar-refractivity contribution >= 4 is 5.57 Å². The SMILES string of the molecule is CCCC(C)Oc1cc(C2=CNC=CC=C2C)ccc1OC. The smallest absolute Gasteiger partial charge is 0.162 e. The first kappa shape index (κ1) is 16.2. The standard InChI is InChI=1S/C19H25NO2/c1-5-7-15(3)22-19-12-16(9-10-18(19)21-4)17-13-20-11-6-8-14(17)2/h6,8-13,15,20H,5,7H2,1-4H3. The lowest BCUT2D eigenvalue weighted by Gasteiger charge is -2.18. The molecule has 1 atom stereocenters. The third-order valence-corrected chi connectivity index (χ3v) is 3.69. The normalized spacial score (nSPS) is 15.3. The number of nitrogens with one attached hydrogen (secondary N) is 1. The van der Waals surface area contributed by atoms with E-state index in [2.05, 4.69) is 44.3 Å². The maximum atomic E-state index is 6.07. The van der Waals surface area contributed by atoms with E-state index < -0.39 is 0 Å². The second-order valence-corrected chi connectivity index (χ2v) is 5.52. The Kier molecular flexibility index (Phi) is 5.70. The molecular formula is C19H25NO2. The topological polar surface area (TPSA) is 30.5 Å². The zero-order valence-electron chi connectivity index (χ0n) is 13.8. The zero-order valence-corrected chi connectivity index (χ0v) is 13.8. The van der Waals surface area contributed by atoms with Crippen LogP contribution >= 0.6 is 0 Å². The molecule has 0 saturated heterocycles. The molecule has 22 heavy (non-hydrogen) atoms. The molecule has 1 aromatic carbocycles. The van der Waals surface area contributed by atoms with Gasteiger partial charge in [0.2, 0.25) is 0 Å². The van der Waals surface area contributed by atoms with E-state index in [1.54, 1.807) is 7.11 Å². The van der Waals surface area contributed by atoms with E-state index in [0.29, 0.717) is 0 Å². The lowest BCUT2D eigenvalue weighted by Crippen LogP contribution is -2.12. The van der Waals surface area contributed by atoms with Crippen LogP contribution in [0.2, 0.25) is 0 Å². The molecule has 2 rings (SSSR count). The Morgan fingerprint density at radius 1 is 1.23 bits per heavy atom. The Morgan fingerprint density at radius 3 is 2.77 bits per heavy atom. The molecule has 1 aliphatic heterocycles. The number of benzene rings is 1. The van der Waals surface area contributed by atoms with Gasteiger partial charge in [0.05, 0.1) is 13.2 Å². The van der Waals surface area contributed by atoms with Crippen LogP contribution in [0.25, 0.3) is 5.57 Å². The molecule has 1 aromatic rings. The third-order valence-electron chi connectivity index (χ3n) is 3.69. The fourth-order valence-corrected chi connectivity index (χ4v) is 2.51. The molecule has 1 heterocycles. The summed E-state index contributed by atoms with van der Waals surface area (Å²) in [6.45, 7) is 6.36. The van der Waals surface area contributed by atoms with E-state index in [1.165, 1.54) is 5.57 Å². The molecule has 1 N–H and O–H groups in total. The zero-order chi connectivity index (χ0) is 15.9. The van der Waals surface area contributed by atoms with Gasteiger partial charge in [0.25, 0.3) is 0 Å². The van der Waals surface area contributed by atoms with Crippen LogP contribution in [0.1, 0.15) is 39.2 Å². The van der Waals surface area contributed by atoms with Gasteiger partial charge in [-0.05, 0) is 49.6 Å². The largest absolute Gasteiger partial charge is 0.493 e. The molecule has 0 saturated carbocycles. The molecule has 0 aromatic heterocycles. The summed E-state index contributed by atoms with van der Waals surface area (Å²) in [4.78, 5) is 0. The van der Waals surface area contributed by atoms with Crippen molar-refractivity contribution in [2.45, 2.75) is 39.7 Å². The summed E-state index contributed by atoms with van der Waals surface area (Å²) in [6, 6.07) is 6.09. The van der Waals surface area contributed by atoms with Gasteiger partial charge in [-0.1, -0.05) is 25.5 Å². The highest BCUT2D eigenvalue weighted by molar-refractivity contribution is 5.80. The average Bonchev–Trinajstić information content (AvgIpc) is 2.72. The number of ether oxygens (including phenoxy) is 2. The highest BCUT2D eigenvalue weighted by Crippen LogP contribution is 2.34. The molecule has 118 valence electrons. The van der Waals surface area contributed by atoms with Gasteiger partial charge in [0.1, 0.15) is 0 Å². The van der Waals surface area contributed by atoms with Crippen LogP contribution in [0.5, 0.6) is 11.5 Å². The second kappa shape index (κ2) is 7.74. The van der Waals surface area contributed by atoms with E-state index in [4.69, 9.17) is 9.47 Å². The molecule has 0 bridgehead atoms. The highest BCUT2D eigenvalue weighted by atomic mass is 16.5. The summed E-state index contributed by atoms with van der Waals surface area (Å²) in [5, 5.41) is 3.17. The maximum absolute atomic E-state index is 6.07. The van der Waals surface area contributed by atoms with Gasteiger partial charge < -0.3 is 14.8 Å². The fourth-order valence-electron chi connectivity index (χ4n) is 2.51. The number of rotatable bonds is 6. The average molecular weight is 299 g/mol. The monoisotopic (exact) mass is 299 g/mol. The summed E-state index contributed by atoms with van der Waals surface area (Å²) in [7, 11) is 1.67. The maximum Gasteiger partial charge on any atom is 0.162 e. The van der Waals surface area contributed by atoms with E-state index >= 15 is 0 Å². The first-order valence-corrected chi connectivity index (χ1v) is 7.80. The van der Waals surface area contributed by atoms with Crippen molar-refractivity contribution in [3.8, 4) is 11.5 Å². The molecule has 0 amide bonds. The van der Waals surface area contributed by atoms with Gasteiger partial charge in [-0.15, -0.1) is 0 Å². The van der Waals surface area contributed by atoms with Crippen molar-refractivity contribution in [2.24, 2.45) is 0 Å². The highest BCUT2D eigenvalue weighted by Gasteiger charge is 2.13. The van der Waals surface area contributed by atoms with Crippen molar-refractivity contribution in [3.63, 3.8) is 0 Å². The van der Waals surface area contributed by atoms with Crippen LogP contribution in [-0.4, -0.2) is 13.2 Å². The van der Waals surface area contributed by atoms with Gasteiger partial charge in [0.15, 0.2) is 11.5 Å². The fraction of sp³-hybridized carbons (Fsp3) is 0.368. The summed E-state index contributed by atoms with van der Waals surface area (Å²) in [5.74, 6) is 1.57. The van der Waals surface area contributed by atoms with Crippen LogP contribution < -0.4 is 14.8 Å². The lowest BCUT2D eigenvalue weighted by atomic mass is 9.99. The van der Waals surface area contributed by atoms with Gasteiger partial charge in [-0.3, -0.25) is 0 Å². The first-order valence-electron chi connectivity index (χ1n) is 7.80. The molecular weight excluding hydrogens is 274 g/mol. The van der Waals surface area contributed by atoms with Crippen molar-refractivity contribution in [1.29, 1.82) is 0 Å². The van der Waals surface area contributed by atoms with Crippen molar-refractivity contribution in [1.82, 2.24) is 5.32 Å². The minimum absolute atomic E-state index is 0.175. The summed E-state index contributed by atoms with van der Waals surface area (Å²) in [6.07, 6.45) is 10.3. The van der Waals surface area contributed by atoms with Crippen molar-refractivity contribution in [2.75, 3.05) is 7.11 Å². The van der Waals surface area contributed by atoms with Crippen molar-refractivity contribution < 1.29 is 9.47 Å². The van der Waals surface area contributed by atoms with Crippen LogP contribution in [0.3, 0.4) is 0 Å². The first-order chi connectivity index (χ1) is 10.7. The number of methoxy groups -OCH3 is 1. The van der Waals surface area contributed by atoms with Crippen LogP contribution in [0.15, 0.2) is 48.3 Å². The quantitative estimate of drug-likeness (QED) is 0.828. The second-order valence-electron chi connectivity index (χ2n) is 5.52. The molecule has 3 nitrogen and oxygen atoms in total. The Balaban J connectivity index is 2.32. The van der Waals surface area contributed by atoms with Gasteiger partial charge >= 0.3 is 0 Å². The van der Waals surface area contributed by atoms with E-state index in [0.717, 1.165) is 35.5 Å². The van der Waals surface area contributed by atoms with Gasteiger partial charge in [-0.2, -0.15) is 0 Å². The molecule has 0 fully saturated rings. The molecule has 0 spiro atoms. The molecule has 3 heteroatoms. The minimum Gasteiger partial charge on any atom is -0.493 e. The van der Waals surface area contributed by atoms with E-state index in [9.17, 15) is 0 Å². The minimum atomic E-state index is 0.175. The number of allylic oxidation sites excluding steroid dienone is 4. The Labute approximate surface area is 133 Å². The summed E-state index contributed by atoms with van der Waals surface area (Å²) < 4.78 is 11.5. The third kappa shape index (κ3) is 3.94. The van der Waals surface area contributed by atoms with E-state index in [-0.39, 0.29) is 6.10 Å². The molecule has 0 aliphatic carbocycles. The molecule has 1 unspecified atom stereocenters. The van der Waals surface area contributed by atoms with Crippen molar-refractivity contribution in [3.05, 3.63) is 53.9 Å². The van der Waals surface area contributed by atoms with Crippen LogP contribution in [0, 0.1) is 0 Å². The van der Waals surface area contributed by atoms with Gasteiger partial charge in [-0.25, -0.2) is 0 Å². The Bertz CT molecular complexity index is 599. The Morgan fingerprint density at radius 2 is 2.05 bits per heavy atom. The van der Waals surface area contributed by atoms with Crippen LogP contribution in [0.4, 0.5) is 0 Å². The lowest BCUT2D eigenvalue weighted by molar-refractivity contribution is 0.201.